The summed E-state index contributed by atoms with van der Waals surface area (Å²) in [6, 6.07) is 0. The van der Waals surface area contributed by atoms with E-state index in [0.717, 1.165) is 37.6 Å². The number of ether oxygens (including phenoxy) is 3. The molecule has 0 aromatic rings. The van der Waals surface area contributed by atoms with Crippen LogP contribution >= 0.6 is 0 Å². The lowest BCUT2D eigenvalue weighted by atomic mass is 9.67. The first-order valence-electron chi connectivity index (χ1n) is 7.73. The molecule has 3 heteroatoms. The highest BCUT2D eigenvalue weighted by molar-refractivity contribution is 4.91. The van der Waals surface area contributed by atoms with Crippen molar-refractivity contribution in [1.29, 1.82) is 0 Å². The Morgan fingerprint density at radius 2 is 1.11 bits per heavy atom. The summed E-state index contributed by atoms with van der Waals surface area (Å²) in [6.45, 7) is 3.04. The van der Waals surface area contributed by atoms with Gasteiger partial charge in [-0.3, -0.25) is 0 Å². The molecule has 18 heavy (non-hydrogen) atoms. The van der Waals surface area contributed by atoms with Gasteiger partial charge in [-0.1, -0.05) is 19.3 Å². The molecular weight excluding hydrogens is 228 g/mol. The first-order valence-corrected chi connectivity index (χ1v) is 7.73. The molecule has 1 aliphatic carbocycles. The summed E-state index contributed by atoms with van der Waals surface area (Å²) in [6.07, 6.45) is 9.92. The lowest BCUT2D eigenvalue weighted by Gasteiger charge is -2.38. The van der Waals surface area contributed by atoms with Crippen molar-refractivity contribution in [2.75, 3.05) is 19.8 Å². The molecular formula is C15H24O3. The van der Waals surface area contributed by atoms with Crippen molar-refractivity contribution < 1.29 is 14.2 Å². The van der Waals surface area contributed by atoms with Gasteiger partial charge in [-0.2, -0.15) is 0 Å². The van der Waals surface area contributed by atoms with Crippen LogP contribution < -0.4 is 0 Å². The average molecular weight is 252 g/mol. The van der Waals surface area contributed by atoms with Crippen LogP contribution in [0.15, 0.2) is 0 Å². The van der Waals surface area contributed by atoms with Crippen molar-refractivity contribution in [1.82, 2.24) is 0 Å². The molecule has 0 radical (unpaired) electrons. The minimum absolute atomic E-state index is 0.582. The topological polar surface area (TPSA) is 37.6 Å². The van der Waals surface area contributed by atoms with Crippen LogP contribution in [0.2, 0.25) is 0 Å². The highest BCUT2D eigenvalue weighted by atomic mass is 16.6. The van der Waals surface area contributed by atoms with Gasteiger partial charge in [0.1, 0.15) is 0 Å². The number of hydrogen-bond donors (Lipinski definition) is 0. The van der Waals surface area contributed by atoms with Crippen molar-refractivity contribution >= 4 is 0 Å². The maximum absolute atomic E-state index is 5.49. The van der Waals surface area contributed by atoms with Crippen LogP contribution in [-0.2, 0) is 14.2 Å². The van der Waals surface area contributed by atoms with Crippen LogP contribution in [0.4, 0.5) is 0 Å². The van der Waals surface area contributed by atoms with E-state index in [0.29, 0.717) is 18.3 Å². The van der Waals surface area contributed by atoms with Crippen LogP contribution in [0.3, 0.4) is 0 Å². The minimum atomic E-state index is 0.582. The largest absolute Gasteiger partial charge is 0.373 e. The summed E-state index contributed by atoms with van der Waals surface area (Å²) in [4.78, 5) is 0. The van der Waals surface area contributed by atoms with Gasteiger partial charge in [0.2, 0.25) is 0 Å². The van der Waals surface area contributed by atoms with Crippen LogP contribution in [0.1, 0.15) is 38.5 Å². The fourth-order valence-corrected chi connectivity index (χ4v) is 4.02. The molecule has 3 saturated heterocycles. The molecule has 0 N–H and O–H groups in total. The second-order valence-corrected chi connectivity index (χ2v) is 6.69. The van der Waals surface area contributed by atoms with Gasteiger partial charge in [-0.15, -0.1) is 0 Å². The van der Waals surface area contributed by atoms with Gasteiger partial charge < -0.3 is 14.2 Å². The number of hydrogen-bond acceptors (Lipinski definition) is 3. The molecule has 1 saturated carbocycles. The lowest BCUT2D eigenvalue weighted by Crippen LogP contribution is -2.31. The zero-order chi connectivity index (χ0) is 11.9. The van der Waals surface area contributed by atoms with E-state index in [1.807, 2.05) is 0 Å². The lowest BCUT2D eigenvalue weighted by molar-refractivity contribution is 0.104. The van der Waals surface area contributed by atoms with E-state index in [9.17, 15) is 0 Å². The van der Waals surface area contributed by atoms with Gasteiger partial charge in [0.05, 0.1) is 38.1 Å². The van der Waals surface area contributed by atoms with Crippen molar-refractivity contribution in [3.8, 4) is 0 Å². The molecule has 4 aliphatic rings. The standard InChI is InChI=1S/C15H24O3/c1-2-10(4-12-7-16-12)15(6-14-9-18-14)11(3-1)5-13-8-17-13/h10-15H,1-9H2. The fourth-order valence-electron chi connectivity index (χ4n) is 4.02. The van der Waals surface area contributed by atoms with Crippen molar-refractivity contribution in [3.63, 3.8) is 0 Å². The summed E-state index contributed by atoms with van der Waals surface area (Å²) in [7, 11) is 0. The molecule has 5 unspecified atom stereocenters. The van der Waals surface area contributed by atoms with Crippen LogP contribution in [0.5, 0.6) is 0 Å². The Hall–Kier alpha value is -0.120. The maximum Gasteiger partial charge on any atom is 0.0812 e. The minimum Gasteiger partial charge on any atom is -0.373 e. The van der Waals surface area contributed by atoms with Crippen LogP contribution in [-0.4, -0.2) is 38.1 Å². The summed E-state index contributed by atoms with van der Waals surface area (Å²) in [5.74, 6) is 2.65. The van der Waals surface area contributed by atoms with E-state index in [1.165, 1.54) is 38.5 Å². The molecule has 4 rings (SSSR count). The molecule has 0 spiro atoms. The predicted octanol–water partition coefficient (Wildman–Crippen LogP) is 2.39. The first-order chi connectivity index (χ1) is 8.88. The van der Waals surface area contributed by atoms with Gasteiger partial charge in [0, 0.05) is 0 Å². The van der Waals surface area contributed by atoms with Gasteiger partial charge in [-0.05, 0) is 37.0 Å². The van der Waals surface area contributed by atoms with E-state index in [-0.39, 0.29) is 0 Å². The smallest absolute Gasteiger partial charge is 0.0812 e. The second kappa shape index (κ2) is 4.77. The van der Waals surface area contributed by atoms with Crippen LogP contribution in [0.25, 0.3) is 0 Å². The second-order valence-electron chi connectivity index (χ2n) is 6.69. The molecule has 5 atom stereocenters. The predicted molar refractivity (Wildman–Crippen MR) is 67.4 cm³/mol. The summed E-state index contributed by atoms with van der Waals surface area (Å²) in [5, 5.41) is 0. The Balaban J connectivity index is 1.41. The highest BCUT2D eigenvalue weighted by Gasteiger charge is 2.42. The molecule has 3 aliphatic heterocycles. The normalized spacial score (nSPS) is 50.0. The highest BCUT2D eigenvalue weighted by Crippen LogP contribution is 2.45. The Kier molecular flexibility index (Phi) is 3.10. The third-order valence-electron chi connectivity index (χ3n) is 5.23. The molecule has 4 fully saturated rings. The van der Waals surface area contributed by atoms with Crippen molar-refractivity contribution in [3.05, 3.63) is 0 Å². The third-order valence-corrected chi connectivity index (χ3v) is 5.23. The Labute approximate surface area is 109 Å². The Morgan fingerprint density at radius 3 is 1.56 bits per heavy atom. The maximum atomic E-state index is 5.49. The quantitative estimate of drug-likeness (QED) is 0.681. The van der Waals surface area contributed by atoms with Gasteiger partial charge in [-0.25, -0.2) is 0 Å². The monoisotopic (exact) mass is 252 g/mol. The molecule has 0 amide bonds. The Morgan fingerprint density at radius 1 is 0.667 bits per heavy atom. The molecule has 0 bridgehead atoms. The van der Waals surface area contributed by atoms with E-state index in [2.05, 4.69) is 0 Å². The van der Waals surface area contributed by atoms with Crippen molar-refractivity contribution in [2.45, 2.75) is 56.8 Å². The van der Waals surface area contributed by atoms with Crippen LogP contribution in [0, 0.1) is 17.8 Å². The third kappa shape index (κ3) is 2.89. The first kappa shape index (κ1) is 11.7. The van der Waals surface area contributed by atoms with E-state index in [1.54, 1.807) is 0 Å². The van der Waals surface area contributed by atoms with Gasteiger partial charge >= 0.3 is 0 Å². The number of epoxide rings is 3. The zero-order valence-electron chi connectivity index (χ0n) is 11.1. The van der Waals surface area contributed by atoms with E-state index < -0.39 is 0 Å². The van der Waals surface area contributed by atoms with E-state index in [4.69, 9.17) is 14.2 Å². The zero-order valence-corrected chi connectivity index (χ0v) is 11.1. The number of rotatable bonds is 6. The Bertz CT molecular complexity index is 272. The van der Waals surface area contributed by atoms with Gasteiger partial charge in [0.15, 0.2) is 0 Å². The summed E-state index contributed by atoms with van der Waals surface area (Å²) < 4.78 is 16.4. The average Bonchev–Trinajstić information content (AvgIpc) is 3.22. The molecule has 102 valence electrons. The molecule has 3 nitrogen and oxygen atoms in total. The van der Waals surface area contributed by atoms with Gasteiger partial charge in [0.25, 0.3) is 0 Å². The summed E-state index contributed by atoms with van der Waals surface area (Å²) in [5.41, 5.74) is 0. The molecule has 0 aromatic heterocycles. The fraction of sp³-hybridized carbons (Fsp3) is 1.00. The molecule has 3 heterocycles. The molecule has 0 aromatic carbocycles. The van der Waals surface area contributed by atoms with E-state index >= 15 is 0 Å². The van der Waals surface area contributed by atoms with Crippen molar-refractivity contribution in [2.24, 2.45) is 17.8 Å². The SMILES string of the molecule is C1CC(CC2CO2)C(CC2CO2)C(CC2CO2)C1. The summed E-state index contributed by atoms with van der Waals surface area (Å²) >= 11 is 0.